The number of hydrogen-bond acceptors (Lipinski definition) is 4. The van der Waals surface area contributed by atoms with Gasteiger partial charge in [0.2, 0.25) is 0 Å². The minimum Gasteiger partial charge on any atom is -0.358 e. The summed E-state index contributed by atoms with van der Waals surface area (Å²) in [5, 5.41) is 0.798. The van der Waals surface area contributed by atoms with E-state index in [2.05, 4.69) is 53.9 Å². The molecular weight excluding hydrogens is 320 g/mol. The second-order valence-electron chi connectivity index (χ2n) is 6.56. The van der Waals surface area contributed by atoms with Crippen LogP contribution in [0.25, 0.3) is 0 Å². The van der Waals surface area contributed by atoms with Gasteiger partial charge < -0.3 is 14.7 Å². The van der Waals surface area contributed by atoms with Crippen LogP contribution >= 0.6 is 11.6 Å². The lowest BCUT2D eigenvalue weighted by Gasteiger charge is -2.37. The highest BCUT2D eigenvalue weighted by Gasteiger charge is 2.33. The molecule has 0 spiro atoms. The molecule has 1 atom stereocenters. The van der Waals surface area contributed by atoms with Crippen LogP contribution in [-0.4, -0.2) is 53.5 Å². The Morgan fingerprint density at radius 1 is 1.17 bits per heavy atom. The van der Waals surface area contributed by atoms with Gasteiger partial charge in [0.1, 0.15) is 6.17 Å². The highest BCUT2D eigenvalue weighted by molar-refractivity contribution is 6.30. The summed E-state index contributed by atoms with van der Waals surface area (Å²) in [6, 6.07) is 8.17. The smallest absolute Gasteiger partial charge is 0.152 e. The summed E-state index contributed by atoms with van der Waals surface area (Å²) >= 11 is 5.97. The van der Waals surface area contributed by atoms with Crippen LogP contribution in [0.5, 0.6) is 0 Å². The van der Waals surface area contributed by atoms with E-state index in [9.17, 15) is 0 Å². The van der Waals surface area contributed by atoms with Gasteiger partial charge in [0, 0.05) is 31.4 Å². The molecule has 2 aliphatic rings. The molecule has 0 bridgehead atoms. The van der Waals surface area contributed by atoms with Crippen LogP contribution in [0.1, 0.15) is 32.3 Å². The maximum Gasteiger partial charge on any atom is 0.152 e. The van der Waals surface area contributed by atoms with Crippen molar-refractivity contribution in [2.24, 2.45) is 4.99 Å². The van der Waals surface area contributed by atoms with Gasteiger partial charge in [-0.3, -0.25) is 0 Å². The van der Waals surface area contributed by atoms with E-state index < -0.39 is 0 Å². The summed E-state index contributed by atoms with van der Waals surface area (Å²) in [4.78, 5) is 12.1. The Morgan fingerprint density at radius 2 is 1.92 bits per heavy atom. The van der Waals surface area contributed by atoms with Crippen molar-refractivity contribution in [2.45, 2.75) is 39.3 Å². The topological polar surface area (TPSA) is 22.1 Å². The fraction of sp³-hybridized carbons (Fsp3) is 0.526. The molecule has 0 fully saturated rings. The van der Waals surface area contributed by atoms with Crippen LogP contribution in [0.4, 0.5) is 0 Å². The molecule has 0 radical (unpaired) electrons. The summed E-state index contributed by atoms with van der Waals surface area (Å²) in [5.41, 5.74) is 2.59. The lowest BCUT2D eigenvalue weighted by molar-refractivity contribution is 0.228. The number of aliphatic imine (C=N–C) groups is 1. The molecule has 2 heterocycles. The van der Waals surface area contributed by atoms with Crippen molar-refractivity contribution in [3.63, 3.8) is 0 Å². The predicted octanol–water partition coefficient (Wildman–Crippen LogP) is 3.79. The second kappa shape index (κ2) is 7.47. The van der Waals surface area contributed by atoms with E-state index in [1.54, 1.807) is 0 Å². The Morgan fingerprint density at radius 3 is 2.58 bits per heavy atom. The van der Waals surface area contributed by atoms with Gasteiger partial charge in [-0.05, 0) is 37.0 Å². The van der Waals surface area contributed by atoms with E-state index in [4.69, 9.17) is 16.6 Å². The number of likely N-dealkylation sites (N-methyl/N-ethyl adjacent to an activating group) is 1. The molecule has 0 saturated heterocycles. The molecule has 0 amide bonds. The molecule has 0 aliphatic carbocycles. The Hall–Kier alpha value is -1.68. The van der Waals surface area contributed by atoms with E-state index in [0.29, 0.717) is 0 Å². The minimum absolute atomic E-state index is 0.279. The van der Waals surface area contributed by atoms with Gasteiger partial charge >= 0.3 is 0 Å². The van der Waals surface area contributed by atoms with Crippen molar-refractivity contribution in [3.8, 4) is 0 Å². The molecule has 0 N–H and O–H groups in total. The molecule has 1 aromatic carbocycles. The Kier molecular flexibility index (Phi) is 5.34. The van der Waals surface area contributed by atoms with Gasteiger partial charge in [0.05, 0.1) is 12.4 Å². The van der Waals surface area contributed by atoms with Crippen LogP contribution in [0.15, 0.2) is 41.2 Å². The van der Waals surface area contributed by atoms with Crippen molar-refractivity contribution in [1.29, 1.82) is 0 Å². The Balaban J connectivity index is 1.73. The number of nitrogens with zero attached hydrogens (tertiary/aromatic N) is 4. The number of benzene rings is 1. The van der Waals surface area contributed by atoms with E-state index >= 15 is 0 Å². The van der Waals surface area contributed by atoms with Gasteiger partial charge in [-0.1, -0.05) is 37.6 Å². The van der Waals surface area contributed by atoms with Crippen molar-refractivity contribution in [3.05, 3.63) is 46.7 Å². The lowest BCUT2D eigenvalue weighted by Crippen LogP contribution is -2.46. The van der Waals surface area contributed by atoms with Gasteiger partial charge in [0.25, 0.3) is 0 Å². The van der Waals surface area contributed by atoms with E-state index in [1.165, 1.54) is 17.1 Å². The molecule has 0 aromatic heterocycles. The van der Waals surface area contributed by atoms with Crippen LogP contribution in [-0.2, 0) is 6.42 Å². The molecule has 1 unspecified atom stereocenters. The monoisotopic (exact) mass is 346 g/mol. The third kappa shape index (κ3) is 3.54. The predicted molar refractivity (Wildman–Crippen MR) is 101 cm³/mol. The number of hydrogen-bond donors (Lipinski definition) is 0. The molecule has 0 saturated carbocycles. The summed E-state index contributed by atoms with van der Waals surface area (Å²) < 4.78 is 0. The summed E-state index contributed by atoms with van der Waals surface area (Å²) in [5.74, 6) is 1.17. The van der Waals surface area contributed by atoms with Crippen molar-refractivity contribution in [2.75, 3.05) is 26.8 Å². The maximum atomic E-state index is 5.97. The van der Waals surface area contributed by atoms with Gasteiger partial charge in [-0.2, -0.15) is 0 Å². The molecule has 24 heavy (non-hydrogen) atoms. The third-order valence-corrected chi connectivity index (χ3v) is 5.00. The van der Waals surface area contributed by atoms with Crippen LogP contribution < -0.4 is 0 Å². The largest absolute Gasteiger partial charge is 0.358 e. The first-order valence-corrected chi connectivity index (χ1v) is 9.26. The Bertz CT molecular complexity index is 623. The summed E-state index contributed by atoms with van der Waals surface area (Å²) in [6.45, 7) is 7.41. The zero-order chi connectivity index (χ0) is 17.1. The first kappa shape index (κ1) is 17.2. The quantitative estimate of drug-likeness (QED) is 0.782. The number of halogens is 1. The fourth-order valence-corrected chi connectivity index (χ4v) is 3.50. The highest BCUT2D eigenvalue weighted by atomic mass is 35.5. The average Bonchev–Trinajstić information content (AvgIpc) is 2.91. The number of amidine groups is 1. The van der Waals surface area contributed by atoms with Crippen molar-refractivity contribution < 1.29 is 0 Å². The molecule has 1 aromatic rings. The lowest BCUT2D eigenvalue weighted by atomic mass is 10.1. The normalized spacial score (nSPS) is 20.2. The molecule has 3 rings (SSSR count). The summed E-state index contributed by atoms with van der Waals surface area (Å²) in [7, 11) is 2.16. The van der Waals surface area contributed by atoms with Crippen LogP contribution in [0, 0.1) is 0 Å². The molecule has 4 nitrogen and oxygen atoms in total. The van der Waals surface area contributed by atoms with Crippen molar-refractivity contribution >= 4 is 17.4 Å². The zero-order valence-electron chi connectivity index (χ0n) is 14.9. The summed E-state index contributed by atoms with van der Waals surface area (Å²) in [6.07, 6.45) is 5.77. The molecule has 130 valence electrons. The molecule has 5 heteroatoms. The first-order valence-electron chi connectivity index (χ1n) is 8.88. The number of fused-ring (bicyclic) bond motifs is 1. The van der Waals surface area contributed by atoms with E-state index in [1.807, 2.05) is 12.1 Å². The molecule has 2 aliphatic heterocycles. The number of rotatable bonds is 6. The van der Waals surface area contributed by atoms with Crippen molar-refractivity contribution in [1.82, 2.24) is 14.7 Å². The fourth-order valence-electron chi connectivity index (χ4n) is 3.38. The maximum absolute atomic E-state index is 5.97. The third-order valence-electron chi connectivity index (χ3n) is 4.74. The van der Waals surface area contributed by atoms with E-state index in [-0.39, 0.29) is 6.17 Å². The Labute approximate surface area is 150 Å². The standard InChI is InChI=1S/C19H27ClN4/c1-4-11-24-14-23(12-10-15-6-8-16(20)9-7-15)13-17-19(24)21-18(5-2)22(17)3/h6-9,13,18H,4-5,10-12,14H2,1-3H3. The first-order chi connectivity index (χ1) is 11.6. The average molecular weight is 347 g/mol. The minimum atomic E-state index is 0.279. The highest BCUT2D eigenvalue weighted by Crippen LogP contribution is 2.27. The zero-order valence-corrected chi connectivity index (χ0v) is 15.6. The SMILES string of the molecule is CCCN1CN(CCc2ccc(Cl)cc2)C=C2C1=NC(CC)N2C. The van der Waals surface area contributed by atoms with Gasteiger partial charge in [-0.25, -0.2) is 4.99 Å². The second-order valence-corrected chi connectivity index (χ2v) is 7.00. The van der Waals surface area contributed by atoms with E-state index in [0.717, 1.165) is 44.0 Å². The van der Waals surface area contributed by atoms with Crippen LogP contribution in [0.3, 0.4) is 0 Å². The molecular formula is C19H27ClN4. The van der Waals surface area contributed by atoms with Crippen LogP contribution in [0.2, 0.25) is 5.02 Å². The van der Waals surface area contributed by atoms with Gasteiger partial charge in [0.15, 0.2) is 5.84 Å². The van der Waals surface area contributed by atoms with Gasteiger partial charge in [-0.15, -0.1) is 0 Å².